The van der Waals surface area contributed by atoms with Crippen molar-refractivity contribution in [3.05, 3.63) is 53.1 Å². The lowest BCUT2D eigenvalue weighted by atomic mass is 9.97. The Morgan fingerprint density at radius 2 is 1.86 bits per heavy atom. The zero-order valence-electron chi connectivity index (χ0n) is 17.5. The van der Waals surface area contributed by atoms with Crippen LogP contribution < -0.4 is 0 Å². The molecule has 3 aromatic rings. The fourth-order valence-corrected chi connectivity index (χ4v) is 3.22. The Hall–Kier alpha value is -2.96. The lowest BCUT2D eigenvalue weighted by molar-refractivity contribution is 0.0728. The highest BCUT2D eigenvalue weighted by Crippen LogP contribution is 2.28. The summed E-state index contributed by atoms with van der Waals surface area (Å²) in [5, 5.41) is 4.02. The number of amides is 1. The minimum absolute atomic E-state index is 0.0153. The van der Waals surface area contributed by atoms with Gasteiger partial charge in [0.05, 0.1) is 6.54 Å². The van der Waals surface area contributed by atoms with Crippen molar-refractivity contribution >= 4 is 5.91 Å². The van der Waals surface area contributed by atoms with E-state index in [1.54, 1.807) is 0 Å². The van der Waals surface area contributed by atoms with E-state index >= 15 is 0 Å². The van der Waals surface area contributed by atoms with Crippen LogP contribution in [0.3, 0.4) is 0 Å². The number of benzene rings is 1. The molecule has 3 heterocycles. The average Bonchev–Trinajstić information content (AvgIpc) is 3.34. The molecule has 1 aromatic carbocycles. The Labute approximate surface area is 170 Å². The molecular weight excluding hydrogens is 368 g/mol. The van der Waals surface area contributed by atoms with Gasteiger partial charge in [0.1, 0.15) is 11.5 Å². The van der Waals surface area contributed by atoms with Crippen LogP contribution in [0, 0.1) is 0 Å². The maximum atomic E-state index is 13.0. The molecule has 7 heteroatoms. The van der Waals surface area contributed by atoms with Crippen LogP contribution in [0.15, 0.2) is 33.2 Å². The topological polar surface area (TPSA) is 85.3 Å². The number of aromatic nitrogens is 3. The molecule has 0 fully saturated rings. The fraction of sp³-hybridized carbons (Fsp3) is 0.455. The lowest BCUT2D eigenvalue weighted by Crippen LogP contribution is -2.35. The highest BCUT2D eigenvalue weighted by molar-refractivity contribution is 5.94. The van der Waals surface area contributed by atoms with Gasteiger partial charge in [0.15, 0.2) is 5.89 Å². The largest absolute Gasteiger partial charge is 0.445 e. The minimum Gasteiger partial charge on any atom is -0.445 e. The van der Waals surface area contributed by atoms with E-state index in [2.05, 4.69) is 35.9 Å². The average molecular weight is 394 g/mol. The minimum atomic E-state index is -0.146. The number of fused-ring (bicyclic) bond motifs is 1. The van der Waals surface area contributed by atoms with E-state index in [4.69, 9.17) is 8.94 Å². The number of carbonyl (C=O) groups is 1. The number of hydrogen-bond acceptors (Lipinski definition) is 6. The van der Waals surface area contributed by atoms with Crippen molar-refractivity contribution in [2.75, 3.05) is 6.54 Å². The normalized spacial score (nSPS) is 14.3. The molecule has 0 N–H and O–H groups in total. The lowest BCUT2D eigenvalue weighted by Gasteiger charge is -2.25. The van der Waals surface area contributed by atoms with E-state index in [0.29, 0.717) is 36.8 Å². The second kappa shape index (κ2) is 7.13. The molecule has 1 aliphatic rings. The standard InChI is InChI=1S/C22H26N4O3/c1-13(2)19-24-18(25-29-19)14-6-8-15(9-7-14)20(27)26-11-10-17-16(12-26)23-21(28-17)22(3,4)5/h6-9,13H,10-12H2,1-5H3. The molecule has 0 bridgehead atoms. The molecule has 2 aromatic heterocycles. The Morgan fingerprint density at radius 3 is 2.48 bits per heavy atom. The number of carbonyl (C=O) groups excluding carboxylic acids is 1. The molecule has 1 amide bonds. The first-order valence-electron chi connectivity index (χ1n) is 9.95. The molecule has 4 rings (SSSR count). The van der Waals surface area contributed by atoms with Gasteiger partial charge in [-0.2, -0.15) is 4.98 Å². The van der Waals surface area contributed by atoms with Crippen LogP contribution in [-0.2, 0) is 18.4 Å². The summed E-state index contributed by atoms with van der Waals surface area (Å²) in [6, 6.07) is 7.32. The summed E-state index contributed by atoms with van der Waals surface area (Å²) >= 11 is 0. The second-order valence-corrected chi connectivity index (χ2v) is 8.80. The maximum absolute atomic E-state index is 13.0. The third-order valence-corrected chi connectivity index (χ3v) is 4.98. The van der Waals surface area contributed by atoms with Gasteiger partial charge < -0.3 is 13.8 Å². The monoisotopic (exact) mass is 394 g/mol. The second-order valence-electron chi connectivity index (χ2n) is 8.80. The maximum Gasteiger partial charge on any atom is 0.254 e. The van der Waals surface area contributed by atoms with Gasteiger partial charge in [-0.15, -0.1) is 0 Å². The van der Waals surface area contributed by atoms with Crippen LogP contribution in [0.5, 0.6) is 0 Å². The van der Waals surface area contributed by atoms with Gasteiger partial charge in [0.2, 0.25) is 11.7 Å². The van der Waals surface area contributed by atoms with E-state index in [1.165, 1.54) is 0 Å². The Bertz CT molecular complexity index is 1030. The van der Waals surface area contributed by atoms with Crippen LogP contribution in [0.4, 0.5) is 0 Å². The molecule has 29 heavy (non-hydrogen) atoms. The number of hydrogen-bond donors (Lipinski definition) is 0. The van der Waals surface area contributed by atoms with E-state index in [-0.39, 0.29) is 17.2 Å². The SMILES string of the molecule is CC(C)c1nc(-c2ccc(C(=O)N3CCc4oc(C(C)(C)C)nc4C3)cc2)no1. The van der Waals surface area contributed by atoms with Crippen molar-refractivity contribution < 1.29 is 13.7 Å². The summed E-state index contributed by atoms with van der Waals surface area (Å²) in [5.41, 5.74) is 2.17. The van der Waals surface area contributed by atoms with Crippen molar-refractivity contribution in [2.45, 2.75) is 58.9 Å². The Morgan fingerprint density at radius 1 is 1.14 bits per heavy atom. The van der Waals surface area contributed by atoms with Gasteiger partial charge in [-0.05, 0) is 12.1 Å². The molecule has 0 atom stereocenters. The Balaban J connectivity index is 1.49. The Kier molecular flexibility index (Phi) is 4.76. The third-order valence-electron chi connectivity index (χ3n) is 4.98. The first-order chi connectivity index (χ1) is 13.7. The van der Waals surface area contributed by atoms with E-state index in [1.807, 2.05) is 43.0 Å². The van der Waals surface area contributed by atoms with Gasteiger partial charge in [-0.25, -0.2) is 4.98 Å². The van der Waals surface area contributed by atoms with Gasteiger partial charge in [0.25, 0.3) is 5.91 Å². The smallest absolute Gasteiger partial charge is 0.254 e. The first-order valence-corrected chi connectivity index (χ1v) is 9.95. The summed E-state index contributed by atoms with van der Waals surface area (Å²) < 4.78 is 11.2. The molecule has 0 saturated carbocycles. The van der Waals surface area contributed by atoms with Crippen molar-refractivity contribution in [2.24, 2.45) is 0 Å². The van der Waals surface area contributed by atoms with Gasteiger partial charge in [0, 0.05) is 35.4 Å². The molecular formula is C22H26N4O3. The summed E-state index contributed by atoms with van der Waals surface area (Å²) in [6.45, 7) is 11.3. The van der Waals surface area contributed by atoms with Crippen LogP contribution >= 0.6 is 0 Å². The summed E-state index contributed by atoms with van der Waals surface area (Å²) in [5.74, 6) is 2.92. The highest BCUT2D eigenvalue weighted by Gasteiger charge is 2.29. The summed E-state index contributed by atoms with van der Waals surface area (Å²) in [6.07, 6.45) is 0.684. The molecule has 0 aliphatic carbocycles. The number of rotatable bonds is 3. The summed E-state index contributed by atoms with van der Waals surface area (Å²) in [7, 11) is 0. The molecule has 0 radical (unpaired) electrons. The molecule has 1 aliphatic heterocycles. The van der Waals surface area contributed by atoms with Gasteiger partial charge in [-0.1, -0.05) is 51.9 Å². The van der Waals surface area contributed by atoms with E-state index < -0.39 is 0 Å². The van der Waals surface area contributed by atoms with Crippen LogP contribution in [0.1, 0.15) is 74.1 Å². The van der Waals surface area contributed by atoms with E-state index in [9.17, 15) is 4.79 Å². The van der Waals surface area contributed by atoms with Crippen molar-refractivity contribution in [1.29, 1.82) is 0 Å². The van der Waals surface area contributed by atoms with Gasteiger partial charge >= 0.3 is 0 Å². The third kappa shape index (κ3) is 3.81. The van der Waals surface area contributed by atoms with E-state index in [0.717, 1.165) is 22.9 Å². The van der Waals surface area contributed by atoms with Crippen LogP contribution in [0.2, 0.25) is 0 Å². The van der Waals surface area contributed by atoms with Gasteiger partial charge in [-0.3, -0.25) is 4.79 Å². The van der Waals surface area contributed by atoms with Crippen LogP contribution in [0.25, 0.3) is 11.4 Å². The molecule has 0 unspecified atom stereocenters. The number of oxazole rings is 1. The quantitative estimate of drug-likeness (QED) is 0.657. The van der Waals surface area contributed by atoms with Crippen molar-refractivity contribution in [1.82, 2.24) is 20.0 Å². The van der Waals surface area contributed by atoms with Crippen molar-refractivity contribution in [3.63, 3.8) is 0 Å². The zero-order chi connectivity index (χ0) is 20.8. The molecule has 152 valence electrons. The molecule has 0 saturated heterocycles. The fourth-order valence-electron chi connectivity index (χ4n) is 3.22. The predicted molar refractivity (Wildman–Crippen MR) is 107 cm³/mol. The van der Waals surface area contributed by atoms with Crippen LogP contribution in [-0.4, -0.2) is 32.5 Å². The predicted octanol–water partition coefficient (Wildman–Crippen LogP) is 4.34. The van der Waals surface area contributed by atoms with Crippen molar-refractivity contribution in [3.8, 4) is 11.4 Å². The molecule has 0 spiro atoms. The number of nitrogens with zero attached hydrogens (tertiary/aromatic N) is 4. The molecule has 7 nitrogen and oxygen atoms in total. The highest BCUT2D eigenvalue weighted by atomic mass is 16.5. The summed E-state index contributed by atoms with van der Waals surface area (Å²) in [4.78, 5) is 23.8. The first kappa shape index (κ1) is 19.4. The zero-order valence-corrected chi connectivity index (χ0v) is 17.5.